The lowest BCUT2D eigenvalue weighted by molar-refractivity contribution is 1.07. The lowest BCUT2D eigenvalue weighted by atomic mass is 10.0. The normalized spacial score (nSPS) is 10.6. The third kappa shape index (κ3) is 2.41. The number of rotatable bonds is 3. The Morgan fingerprint density at radius 1 is 0.895 bits per heavy atom. The second kappa shape index (κ2) is 5.08. The molecular weight excluding hydrogens is 234 g/mol. The lowest BCUT2D eigenvalue weighted by Crippen LogP contribution is -1.95. The van der Waals surface area contributed by atoms with Crippen molar-refractivity contribution in [2.45, 2.75) is 6.54 Å². The number of hydrogen-bond donors (Lipinski definition) is 2. The van der Waals surface area contributed by atoms with E-state index in [-0.39, 0.29) is 0 Å². The molecule has 0 saturated heterocycles. The second-order valence-corrected chi connectivity index (χ2v) is 4.45. The van der Waals surface area contributed by atoms with E-state index >= 15 is 0 Å². The van der Waals surface area contributed by atoms with Crippen molar-refractivity contribution in [2.75, 3.05) is 0 Å². The Labute approximate surface area is 112 Å². The number of benzene rings is 2. The molecule has 0 aliphatic carbocycles. The number of nitrogens with one attached hydrogen (secondary N) is 1. The summed E-state index contributed by atoms with van der Waals surface area (Å²) >= 11 is 0. The minimum atomic E-state index is 0.578. The van der Waals surface area contributed by atoms with Crippen LogP contribution in [0.1, 0.15) is 5.56 Å². The highest BCUT2D eigenvalue weighted by Gasteiger charge is 2.02. The van der Waals surface area contributed by atoms with Crippen molar-refractivity contribution in [3.05, 3.63) is 66.4 Å². The van der Waals surface area contributed by atoms with E-state index in [1.165, 1.54) is 11.1 Å². The third-order valence-electron chi connectivity index (χ3n) is 3.20. The van der Waals surface area contributed by atoms with Gasteiger partial charge in [-0.15, -0.1) is 0 Å². The van der Waals surface area contributed by atoms with Crippen LogP contribution < -0.4 is 5.73 Å². The highest BCUT2D eigenvalue weighted by molar-refractivity contribution is 5.71. The van der Waals surface area contributed by atoms with Gasteiger partial charge in [-0.05, 0) is 28.8 Å². The van der Waals surface area contributed by atoms with Crippen LogP contribution in [0.25, 0.3) is 22.4 Å². The van der Waals surface area contributed by atoms with Crippen LogP contribution >= 0.6 is 0 Å². The first-order valence-electron chi connectivity index (χ1n) is 6.26. The quantitative estimate of drug-likeness (QED) is 0.749. The lowest BCUT2D eigenvalue weighted by Gasteiger charge is -2.05. The van der Waals surface area contributed by atoms with E-state index in [0.717, 1.165) is 16.8 Å². The molecule has 94 valence electrons. The maximum absolute atomic E-state index is 5.62. The summed E-state index contributed by atoms with van der Waals surface area (Å²) in [7, 11) is 0. The predicted octanol–water partition coefficient (Wildman–Crippen LogP) is 3.20. The Morgan fingerprint density at radius 2 is 1.68 bits per heavy atom. The van der Waals surface area contributed by atoms with Crippen molar-refractivity contribution in [2.24, 2.45) is 5.73 Å². The van der Waals surface area contributed by atoms with Gasteiger partial charge in [0.1, 0.15) is 0 Å². The van der Waals surface area contributed by atoms with Crippen LogP contribution in [0.4, 0.5) is 0 Å². The fraction of sp³-hybridized carbons (Fsp3) is 0.0625. The zero-order chi connectivity index (χ0) is 13.1. The molecule has 3 N–H and O–H groups in total. The summed E-state index contributed by atoms with van der Waals surface area (Å²) in [5.74, 6) is 0. The summed E-state index contributed by atoms with van der Waals surface area (Å²) in [6.07, 6.45) is 1.76. The van der Waals surface area contributed by atoms with Crippen molar-refractivity contribution in [1.29, 1.82) is 0 Å². The van der Waals surface area contributed by atoms with Crippen LogP contribution in [0.5, 0.6) is 0 Å². The van der Waals surface area contributed by atoms with Gasteiger partial charge in [-0.25, -0.2) is 0 Å². The molecule has 0 bridgehead atoms. The Morgan fingerprint density at radius 3 is 2.37 bits per heavy atom. The molecule has 2 aromatic carbocycles. The molecule has 1 heterocycles. The molecule has 0 radical (unpaired) electrons. The van der Waals surface area contributed by atoms with Gasteiger partial charge in [-0.3, -0.25) is 5.10 Å². The van der Waals surface area contributed by atoms with Gasteiger partial charge in [-0.2, -0.15) is 5.10 Å². The van der Waals surface area contributed by atoms with Crippen molar-refractivity contribution < 1.29 is 0 Å². The summed E-state index contributed by atoms with van der Waals surface area (Å²) < 4.78 is 0. The monoisotopic (exact) mass is 249 g/mol. The smallest absolute Gasteiger partial charge is 0.0650 e. The van der Waals surface area contributed by atoms with E-state index in [1.54, 1.807) is 6.20 Å². The Balaban J connectivity index is 1.98. The fourth-order valence-corrected chi connectivity index (χ4v) is 2.12. The second-order valence-electron chi connectivity index (χ2n) is 4.45. The summed E-state index contributed by atoms with van der Waals surface area (Å²) in [6.45, 7) is 0.578. The van der Waals surface area contributed by atoms with E-state index < -0.39 is 0 Å². The summed E-state index contributed by atoms with van der Waals surface area (Å²) in [6, 6.07) is 18.7. The Kier molecular flexibility index (Phi) is 3.12. The molecule has 3 nitrogen and oxygen atoms in total. The maximum atomic E-state index is 5.62. The molecule has 3 aromatic rings. The largest absolute Gasteiger partial charge is 0.326 e. The number of H-pyrrole nitrogens is 1. The average Bonchev–Trinajstić information content (AvgIpc) is 3.02. The molecule has 0 aliphatic rings. The minimum Gasteiger partial charge on any atom is -0.326 e. The van der Waals surface area contributed by atoms with Gasteiger partial charge < -0.3 is 5.73 Å². The molecule has 0 amide bonds. The summed E-state index contributed by atoms with van der Waals surface area (Å²) in [4.78, 5) is 0. The molecule has 0 atom stereocenters. The molecule has 0 aliphatic heterocycles. The van der Waals surface area contributed by atoms with Gasteiger partial charge in [0, 0.05) is 18.3 Å². The van der Waals surface area contributed by atoms with Gasteiger partial charge in [0.05, 0.1) is 5.69 Å². The zero-order valence-electron chi connectivity index (χ0n) is 10.5. The standard InChI is InChI=1S/C16H15N3/c17-11-12-4-6-13(7-5-12)14-2-1-3-15(10-14)16-8-9-18-19-16/h1-10H,11,17H2,(H,18,19). The Hall–Kier alpha value is -2.39. The topological polar surface area (TPSA) is 54.7 Å². The number of nitrogens with zero attached hydrogens (tertiary/aromatic N) is 1. The summed E-state index contributed by atoms with van der Waals surface area (Å²) in [5, 5.41) is 6.97. The van der Waals surface area contributed by atoms with Crippen molar-refractivity contribution >= 4 is 0 Å². The van der Waals surface area contributed by atoms with Crippen LogP contribution in [0.15, 0.2) is 60.8 Å². The van der Waals surface area contributed by atoms with E-state index in [4.69, 9.17) is 5.73 Å². The van der Waals surface area contributed by atoms with E-state index in [9.17, 15) is 0 Å². The number of nitrogens with two attached hydrogens (primary N) is 1. The van der Waals surface area contributed by atoms with Gasteiger partial charge >= 0.3 is 0 Å². The molecule has 0 spiro atoms. The first-order chi connectivity index (χ1) is 9.36. The fourth-order valence-electron chi connectivity index (χ4n) is 2.12. The van der Waals surface area contributed by atoms with Gasteiger partial charge in [0.2, 0.25) is 0 Å². The number of hydrogen-bond acceptors (Lipinski definition) is 2. The van der Waals surface area contributed by atoms with Gasteiger partial charge in [0.25, 0.3) is 0 Å². The van der Waals surface area contributed by atoms with Crippen LogP contribution in [-0.4, -0.2) is 10.2 Å². The maximum Gasteiger partial charge on any atom is 0.0650 e. The Bertz CT molecular complexity index is 655. The molecule has 3 rings (SSSR count). The highest BCUT2D eigenvalue weighted by atomic mass is 15.1. The van der Waals surface area contributed by atoms with Crippen molar-refractivity contribution in [3.8, 4) is 22.4 Å². The number of aromatic amines is 1. The summed E-state index contributed by atoms with van der Waals surface area (Å²) in [5.41, 5.74) is 11.3. The van der Waals surface area contributed by atoms with Gasteiger partial charge in [-0.1, -0.05) is 42.5 Å². The SMILES string of the molecule is NCc1ccc(-c2cccc(-c3ccn[nH]3)c2)cc1. The first-order valence-corrected chi connectivity index (χ1v) is 6.26. The van der Waals surface area contributed by atoms with Crippen molar-refractivity contribution in [1.82, 2.24) is 10.2 Å². The van der Waals surface area contributed by atoms with Crippen LogP contribution in [0, 0.1) is 0 Å². The minimum absolute atomic E-state index is 0.578. The van der Waals surface area contributed by atoms with Crippen LogP contribution in [0.2, 0.25) is 0 Å². The van der Waals surface area contributed by atoms with E-state index in [2.05, 4.69) is 58.7 Å². The molecule has 0 saturated carbocycles. The molecule has 3 heteroatoms. The molecular formula is C16H15N3. The van der Waals surface area contributed by atoms with Crippen LogP contribution in [0.3, 0.4) is 0 Å². The average molecular weight is 249 g/mol. The molecule has 0 unspecified atom stereocenters. The first kappa shape index (κ1) is 11.7. The van der Waals surface area contributed by atoms with E-state index in [0.29, 0.717) is 6.54 Å². The number of aromatic nitrogens is 2. The van der Waals surface area contributed by atoms with Crippen molar-refractivity contribution in [3.63, 3.8) is 0 Å². The predicted molar refractivity (Wildman–Crippen MR) is 77.4 cm³/mol. The van der Waals surface area contributed by atoms with E-state index in [1.807, 2.05) is 6.07 Å². The molecule has 19 heavy (non-hydrogen) atoms. The zero-order valence-corrected chi connectivity index (χ0v) is 10.5. The highest BCUT2D eigenvalue weighted by Crippen LogP contribution is 2.25. The molecule has 0 fully saturated rings. The van der Waals surface area contributed by atoms with Crippen LogP contribution in [-0.2, 0) is 6.54 Å². The third-order valence-corrected chi connectivity index (χ3v) is 3.20. The molecule has 1 aromatic heterocycles. The van der Waals surface area contributed by atoms with Gasteiger partial charge in [0.15, 0.2) is 0 Å².